The minimum Gasteiger partial charge on any atom is -0.378 e. The van der Waals surface area contributed by atoms with Gasteiger partial charge < -0.3 is 9.64 Å². The molecular weight excluding hydrogens is 452 g/mol. The lowest BCUT2D eigenvalue weighted by Gasteiger charge is -2.28. The summed E-state index contributed by atoms with van der Waals surface area (Å²) in [6.45, 7) is 4.42. The van der Waals surface area contributed by atoms with Gasteiger partial charge in [0.15, 0.2) is 0 Å². The number of aromatic nitrogens is 1. The Labute approximate surface area is 198 Å². The standard InChI is InChI=1S/C25H24N4O4S/c1-18-7-8-19(17-34(31,32)28-25(30)20-5-3-2-4-6-20)13-23(18)22-14-21(15-26)24(27-16-22)29-9-11-33-12-10-29/h2-8,13-14,16H,9-12,17H2,1H3,(H,28,30). The Morgan fingerprint density at radius 3 is 2.59 bits per heavy atom. The zero-order valence-electron chi connectivity index (χ0n) is 18.7. The summed E-state index contributed by atoms with van der Waals surface area (Å²) in [7, 11) is -3.91. The van der Waals surface area contributed by atoms with Crippen molar-refractivity contribution in [1.82, 2.24) is 9.71 Å². The predicted octanol–water partition coefficient (Wildman–Crippen LogP) is 3.03. The Morgan fingerprint density at radius 1 is 1.15 bits per heavy atom. The molecule has 0 bridgehead atoms. The number of rotatable bonds is 6. The Morgan fingerprint density at radius 2 is 1.88 bits per heavy atom. The number of benzene rings is 2. The van der Waals surface area contributed by atoms with Crippen LogP contribution in [0.1, 0.15) is 27.0 Å². The maximum atomic E-state index is 12.6. The highest BCUT2D eigenvalue weighted by Gasteiger charge is 2.19. The van der Waals surface area contributed by atoms with Crippen molar-refractivity contribution in [3.05, 3.63) is 83.0 Å². The van der Waals surface area contributed by atoms with E-state index in [9.17, 15) is 18.5 Å². The van der Waals surface area contributed by atoms with Crippen LogP contribution < -0.4 is 9.62 Å². The first-order valence-corrected chi connectivity index (χ1v) is 12.4. The van der Waals surface area contributed by atoms with Crippen molar-refractivity contribution in [2.45, 2.75) is 12.7 Å². The number of nitrogens with one attached hydrogen (secondary N) is 1. The number of amides is 1. The smallest absolute Gasteiger partial charge is 0.264 e. The average molecular weight is 477 g/mol. The van der Waals surface area contributed by atoms with Crippen molar-refractivity contribution in [2.24, 2.45) is 0 Å². The molecule has 2 heterocycles. The average Bonchev–Trinajstić information content (AvgIpc) is 2.85. The number of carbonyl (C=O) groups excluding carboxylic acids is 1. The third-order valence-corrected chi connectivity index (χ3v) is 6.76. The zero-order chi connectivity index (χ0) is 24.1. The Kier molecular flexibility index (Phi) is 6.91. The van der Waals surface area contributed by atoms with Gasteiger partial charge in [-0.25, -0.2) is 18.1 Å². The summed E-state index contributed by atoms with van der Waals surface area (Å²) in [6.07, 6.45) is 1.70. The Balaban J connectivity index is 1.57. The number of carbonyl (C=O) groups is 1. The monoisotopic (exact) mass is 476 g/mol. The Bertz CT molecular complexity index is 1350. The summed E-state index contributed by atoms with van der Waals surface area (Å²) < 4.78 is 32.8. The molecule has 0 radical (unpaired) electrons. The van der Waals surface area contributed by atoms with Crippen LogP contribution in [0.2, 0.25) is 0 Å². The number of nitriles is 1. The largest absolute Gasteiger partial charge is 0.378 e. The molecule has 1 aromatic heterocycles. The second-order valence-electron chi connectivity index (χ2n) is 8.01. The molecular formula is C25H24N4O4S. The molecule has 1 aliphatic rings. The number of pyridine rings is 1. The SMILES string of the molecule is Cc1ccc(CS(=O)(=O)NC(=O)c2ccccc2)cc1-c1cnc(N2CCOCC2)c(C#N)c1. The third-order valence-electron chi connectivity index (χ3n) is 5.55. The van der Waals surface area contributed by atoms with E-state index in [1.54, 1.807) is 54.7 Å². The molecule has 1 N–H and O–H groups in total. The number of hydrogen-bond donors (Lipinski definition) is 1. The van der Waals surface area contributed by atoms with Crippen LogP contribution in [-0.2, 0) is 20.5 Å². The third kappa shape index (κ3) is 5.42. The van der Waals surface area contributed by atoms with Gasteiger partial charge in [-0.1, -0.05) is 30.3 Å². The van der Waals surface area contributed by atoms with Gasteiger partial charge in [0.1, 0.15) is 11.9 Å². The number of hydrogen-bond acceptors (Lipinski definition) is 7. The molecule has 0 atom stereocenters. The molecule has 1 aliphatic heterocycles. The van der Waals surface area contributed by atoms with E-state index in [1.165, 1.54) is 0 Å². The number of nitrogens with zero attached hydrogens (tertiary/aromatic N) is 3. The van der Waals surface area contributed by atoms with E-state index in [4.69, 9.17) is 4.74 Å². The van der Waals surface area contributed by atoms with E-state index >= 15 is 0 Å². The quantitative estimate of drug-likeness (QED) is 0.582. The summed E-state index contributed by atoms with van der Waals surface area (Å²) in [4.78, 5) is 18.9. The highest BCUT2D eigenvalue weighted by atomic mass is 32.2. The van der Waals surface area contributed by atoms with Crippen LogP contribution in [0, 0.1) is 18.3 Å². The van der Waals surface area contributed by atoms with Crippen LogP contribution in [0.15, 0.2) is 60.8 Å². The molecule has 1 saturated heterocycles. The lowest BCUT2D eigenvalue weighted by Crippen LogP contribution is -2.37. The number of ether oxygens (including phenoxy) is 1. The van der Waals surface area contributed by atoms with Gasteiger partial charge in [-0.15, -0.1) is 0 Å². The van der Waals surface area contributed by atoms with E-state index < -0.39 is 15.9 Å². The fraction of sp³-hybridized carbons (Fsp3) is 0.240. The Hall–Kier alpha value is -3.74. The highest BCUT2D eigenvalue weighted by Crippen LogP contribution is 2.29. The van der Waals surface area contributed by atoms with Gasteiger partial charge in [-0.3, -0.25) is 4.79 Å². The number of sulfonamides is 1. The van der Waals surface area contributed by atoms with Gasteiger partial charge in [-0.05, 0) is 47.9 Å². The fourth-order valence-corrected chi connectivity index (χ4v) is 4.92. The van der Waals surface area contributed by atoms with Crippen LogP contribution >= 0.6 is 0 Å². The molecule has 1 amide bonds. The van der Waals surface area contributed by atoms with E-state index in [2.05, 4.69) is 15.8 Å². The van der Waals surface area contributed by atoms with Crippen LogP contribution in [0.25, 0.3) is 11.1 Å². The zero-order valence-corrected chi connectivity index (χ0v) is 19.5. The second-order valence-corrected chi connectivity index (χ2v) is 9.73. The van der Waals surface area contributed by atoms with Gasteiger partial charge in [0, 0.05) is 30.4 Å². The number of anilines is 1. The summed E-state index contributed by atoms with van der Waals surface area (Å²) in [5.74, 6) is -0.410. The first-order valence-electron chi connectivity index (χ1n) is 10.8. The highest BCUT2D eigenvalue weighted by molar-refractivity contribution is 7.89. The molecule has 9 heteroatoms. The molecule has 1 fully saturated rings. The summed E-state index contributed by atoms with van der Waals surface area (Å²) in [5.41, 5.74) is 3.65. The minimum atomic E-state index is -3.91. The fourth-order valence-electron chi connectivity index (χ4n) is 3.83. The van der Waals surface area contributed by atoms with Crippen LogP contribution in [-0.4, -0.2) is 45.6 Å². The summed E-state index contributed by atoms with van der Waals surface area (Å²) in [5, 5.41) is 9.71. The summed E-state index contributed by atoms with van der Waals surface area (Å²) >= 11 is 0. The molecule has 0 unspecified atom stereocenters. The molecule has 3 aromatic rings. The maximum absolute atomic E-state index is 12.6. The normalized spacial score (nSPS) is 13.8. The van der Waals surface area contributed by atoms with Gasteiger partial charge in [0.25, 0.3) is 5.91 Å². The van der Waals surface area contributed by atoms with Gasteiger partial charge in [0.05, 0.1) is 24.5 Å². The van der Waals surface area contributed by atoms with Crippen LogP contribution in [0.3, 0.4) is 0 Å². The number of morpholine rings is 1. The van der Waals surface area contributed by atoms with Gasteiger partial charge in [-0.2, -0.15) is 5.26 Å². The topological polar surface area (TPSA) is 112 Å². The maximum Gasteiger partial charge on any atom is 0.264 e. The molecule has 34 heavy (non-hydrogen) atoms. The van der Waals surface area contributed by atoms with Gasteiger partial charge >= 0.3 is 0 Å². The van der Waals surface area contributed by atoms with Crippen molar-refractivity contribution in [3.63, 3.8) is 0 Å². The van der Waals surface area contributed by atoms with Crippen molar-refractivity contribution in [2.75, 3.05) is 31.2 Å². The van der Waals surface area contributed by atoms with Crippen LogP contribution in [0.4, 0.5) is 5.82 Å². The first-order chi connectivity index (χ1) is 16.4. The van der Waals surface area contributed by atoms with Crippen molar-refractivity contribution >= 4 is 21.7 Å². The number of aryl methyl sites for hydroxylation is 1. The first kappa shape index (κ1) is 23.4. The summed E-state index contributed by atoms with van der Waals surface area (Å²) in [6, 6.07) is 17.5. The molecule has 0 spiro atoms. The van der Waals surface area contributed by atoms with E-state index in [0.29, 0.717) is 43.2 Å². The van der Waals surface area contributed by atoms with Crippen molar-refractivity contribution in [3.8, 4) is 17.2 Å². The molecule has 174 valence electrons. The van der Waals surface area contributed by atoms with E-state index in [-0.39, 0.29) is 11.3 Å². The van der Waals surface area contributed by atoms with Crippen molar-refractivity contribution in [1.29, 1.82) is 5.26 Å². The lowest BCUT2D eigenvalue weighted by molar-refractivity contribution is 0.0981. The predicted molar refractivity (Wildman–Crippen MR) is 129 cm³/mol. The lowest BCUT2D eigenvalue weighted by atomic mass is 9.98. The molecule has 0 saturated carbocycles. The molecule has 0 aliphatic carbocycles. The van der Waals surface area contributed by atoms with Crippen LogP contribution in [0.5, 0.6) is 0 Å². The van der Waals surface area contributed by atoms with E-state index in [0.717, 1.165) is 16.7 Å². The molecule has 8 nitrogen and oxygen atoms in total. The molecule has 4 rings (SSSR count). The minimum absolute atomic E-state index is 0.270. The second kappa shape index (κ2) is 10.0. The molecule has 2 aromatic carbocycles. The van der Waals surface area contributed by atoms with Gasteiger partial charge in [0.2, 0.25) is 10.0 Å². The van der Waals surface area contributed by atoms with Crippen molar-refractivity contribution < 1.29 is 17.9 Å². The van der Waals surface area contributed by atoms with E-state index in [1.807, 2.05) is 17.9 Å².